The summed E-state index contributed by atoms with van der Waals surface area (Å²) in [6.07, 6.45) is -0.470. The Morgan fingerprint density at radius 3 is 2.25 bits per heavy atom. The van der Waals surface area contributed by atoms with E-state index in [4.69, 9.17) is 21.1 Å². The molecule has 0 aliphatic rings. The third kappa shape index (κ3) is 9.12. The van der Waals surface area contributed by atoms with Crippen LogP contribution in [-0.4, -0.2) is 66.8 Å². The van der Waals surface area contributed by atoms with Crippen molar-refractivity contribution in [3.8, 4) is 5.75 Å². The molecule has 128 valence electrons. The van der Waals surface area contributed by atoms with Crippen LogP contribution in [0.3, 0.4) is 0 Å². The molecule has 0 bridgehead atoms. The molecule has 1 atom stereocenters. The fourth-order valence-electron chi connectivity index (χ4n) is 1.52. The van der Waals surface area contributed by atoms with Crippen molar-refractivity contribution in [3.05, 3.63) is 29.3 Å². The molecule has 1 amide bonds. The summed E-state index contributed by atoms with van der Waals surface area (Å²) in [4.78, 5) is 34.1. The van der Waals surface area contributed by atoms with Gasteiger partial charge in [-0.15, -0.1) is 0 Å². The van der Waals surface area contributed by atoms with Crippen molar-refractivity contribution in [2.24, 2.45) is 0 Å². The number of benzene rings is 1. The van der Waals surface area contributed by atoms with Gasteiger partial charge < -0.3 is 19.5 Å². The van der Waals surface area contributed by atoms with E-state index in [1.165, 1.54) is 6.92 Å². The van der Waals surface area contributed by atoms with Gasteiger partial charge >= 0.3 is 47.6 Å². The van der Waals surface area contributed by atoms with E-state index in [0.717, 1.165) is 0 Å². The summed E-state index contributed by atoms with van der Waals surface area (Å²) in [5.41, 5.74) is 0. The van der Waals surface area contributed by atoms with E-state index in [9.17, 15) is 14.4 Å². The molecule has 1 rings (SSSR count). The summed E-state index contributed by atoms with van der Waals surface area (Å²) in [5.74, 6) is -0.762. The Hall–Kier alpha value is -1.28. The van der Waals surface area contributed by atoms with Gasteiger partial charge in [-0.1, -0.05) is 18.5 Å². The van der Waals surface area contributed by atoms with Crippen molar-refractivity contribution >= 4 is 59.2 Å². The Morgan fingerprint density at radius 1 is 1.12 bits per heavy atom. The van der Waals surface area contributed by atoms with E-state index in [1.54, 1.807) is 31.2 Å². The van der Waals surface area contributed by atoms with Crippen molar-refractivity contribution < 1.29 is 28.6 Å². The summed E-state index contributed by atoms with van der Waals surface area (Å²) in [6.45, 7) is 2.82. The topological polar surface area (TPSA) is 90.9 Å². The van der Waals surface area contributed by atoms with Crippen molar-refractivity contribution in [3.63, 3.8) is 0 Å². The van der Waals surface area contributed by atoms with Gasteiger partial charge in [0.25, 0.3) is 0 Å². The molecule has 24 heavy (non-hydrogen) atoms. The van der Waals surface area contributed by atoms with E-state index in [0.29, 0.717) is 17.2 Å². The van der Waals surface area contributed by atoms with Crippen LogP contribution < -0.4 is 10.1 Å². The number of rotatable bonds is 7. The minimum atomic E-state index is -0.855. The molecule has 0 aliphatic heterocycles. The molecule has 0 saturated heterocycles. The third-order valence-corrected chi connectivity index (χ3v) is 2.89. The number of esters is 2. The molecule has 7 nitrogen and oxygen atoms in total. The molecule has 1 aromatic rings. The second kappa shape index (κ2) is 12.1. The van der Waals surface area contributed by atoms with Crippen LogP contribution in [-0.2, 0) is 19.1 Å². The van der Waals surface area contributed by atoms with Crippen LogP contribution in [0.25, 0.3) is 0 Å². The molecule has 0 saturated carbocycles. The number of ether oxygens (including phenoxy) is 3. The van der Waals surface area contributed by atoms with Crippen molar-refractivity contribution in [1.29, 1.82) is 0 Å². The van der Waals surface area contributed by atoms with Gasteiger partial charge in [0.05, 0.1) is 0 Å². The Labute approximate surface area is 167 Å². The van der Waals surface area contributed by atoms with Crippen LogP contribution >= 0.6 is 11.6 Å². The van der Waals surface area contributed by atoms with Crippen LogP contribution in [0.4, 0.5) is 4.79 Å². The summed E-state index contributed by atoms with van der Waals surface area (Å²) < 4.78 is 14.5. The van der Waals surface area contributed by atoms with Gasteiger partial charge in [0, 0.05) is 11.9 Å². The van der Waals surface area contributed by atoms with Gasteiger partial charge in [-0.2, -0.15) is 0 Å². The monoisotopic (exact) mass is 367 g/mol. The molecular weight excluding hydrogens is 349 g/mol. The summed E-state index contributed by atoms with van der Waals surface area (Å²) >= 11 is 5.74. The molecule has 0 aliphatic carbocycles. The molecule has 0 radical (unpaired) electrons. The zero-order valence-electron chi connectivity index (χ0n) is 12.8. The SMILES string of the molecule is CCC(NC(=O)OCCOC(C)=O)C(=O)Oc1ccc(Cl)cc1.[NaH]. The molecule has 0 heterocycles. The van der Waals surface area contributed by atoms with Gasteiger partial charge in [0.15, 0.2) is 0 Å². The van der Waals surface area contributed by atoms with Gasteiger partial charge in [-0.25, -0.2) is 9.59 Å². The molecular formula is C15H19ClNNaO6. The predicted molar refractivity (Wildman–Crippen MR) is 89.4 cm³/mol. The van der Waals surface area contributed by atoms with Crippen LogP contribution in [0.15, 0.2) is 24.3 Å². The molecule has 0 aromatic heterocycles. The Balaban J connectivity index is 0.00000529. The quantitative estimate of drug-likeness (QED) is 0.341. The zero-order valence-corrected chi connectivity index (χ0v) is 13.6. The number of hydrogen-bond acceptors (Lipinski definition) is 6. The van der Waals surface area contributed by atoms with Gasteiger partial charge in [0.1, 0.15) is 25.0 Å². The van der Waals surface area contributed by atoms with Crippen molar-refractivity contribution in [2.45, 2.75) is 26.3 Å². The Bertz CT molecular complexity index is 551. The van der Waals surface area contributed by atoms with E-state index in [2.05, 4.69) is 10.1 Å². The Morgan fingerprint density at radius 2 is 1.71 bits per heavy atom. The third-order valence-electron chi connectivity index (χ3n) is 2.64. The maximum atomic E-state index is 12.0. The number of hydrogen-bond donors (Lipinski definition) is 1. The van der Waals surface area contributed by atoms with Gasteiger partial charge in [-0.05, 0) is 30.7 Å². The van der Waals surface area contributed by atoms with Crippen molar-refractivity contribution in [1.82, 2.24) is 5.32 Å². The molecule has 0 spiro atoms. The number of halogens is 1. The van der Waals surface area contributed by atoms with E-state index < -0.39 is 24.1 Å². The van der Waals surface area contributed by atoms with Crippen LogP contribution in [0.1, 0.15) is 20.3 Å². The van der Waals surface area contributed by atoms with E-state index >= 15 is 0 Å². The number of carbonyl (C=O) groups excluding carboxylic acids is 3. The van der Waals surface area contributed by atoms with E-state index in [1.807, 2.05) is 0 Å². The molecule has 0 fully saturated rings. The normalized spacial score (nSPS) is 10.8. The number of carbonyl (C=O) groups is 3. The maximum absolute atomic E-state index is 12.0. The summed E-state index contributed by atoms with van der Waals surface area (Å²) in [5, 5.41) is 2.90. The number of amides is 1. The first-order valence-corrected chi connectivity index (χ1v) is 7.34. The standard InChI is InChI=1S/C15H18ClNO6.Na.H/c1-3-13(17-15(20)22-9-8-21-10(2)18)14(19)23-12-6-4-11(16)5-7-12;;/h4-7,13H,3,8-9H2,1-2H3,(H,17,20);;. The fraction of sp³-hybridized carbons (Fsp3) is 0.400. The van der Waals surface area contributed by atoms with Gasteiger partial charge in [-0.3, -0.25) is 4.79 Å². The first-order valence-electron chi connectivity index (χ1n) is 6.96. The molecule has 1 N–H and O–H groups in total. The average Bonchev–Trinajstić information content (AvgIpc) is 2.51. The minimum absolute atomic E-state index is 0. The van der Waals surface area contributed by atoms with Crippen molar-refractivity contribution in [2.75, 3.05) is 13.2 Å². The van der Waals surface area contributed by atoms with E-state index in [-0.39, 0.29) is 42.8 Å². The number of nitrogens with one attached hydrogen (secondary N) is 1. The second-order valence-electron chi connectivity index (χ2n) is 4.46. The number of alkyl carbamates (subject to hydrolysis) is 1. The van der Waals surface area contributed by atoms with Crippen LogP contribution in [0.5, 0.6) is 5.75 Å². The molecule has 1 aromatic carbocycles. The summed E-state index contributed by atoms with van der Waals surface area (Å²) in [7, 11) is 0. The predicted octanol–water partition coefficient (Wildman–Crippen LogP) is 1.66. The van der Waals surface area contributed by atoms with Gasteiger partial charge in [0.2, 0.25) is 0 Å². The molecule has 9 heteroatoms. The van der Waals surface area contributed by atoms with Crippen LogP contribution in [0.2, 0.25) is 5.02 Å². The second-order valence-corrected chi connectivity index (χ2v) is 4.89. The first kappa shape index (κ1) is 22.7. The summed E-state index contributed by atoms with van der Waals surface area (Å²) in [6, 6.07) is 5.41. The Kier molecular flexibility index (Phi) is 11.5. The first-order chi connectivity index (χ1) is 10.9. The zero-order chi connectivity index (χ0) is 17.2. The average molecular weight is 368 g/mol. The fourth-order valence-corrected chi connectivity index (χ4v) is 1.65. The molecule has 1 unspecified atom stereocenters. The van der Waals surface area contributed by atoms with Crippen LogP contribution in [0, 0.1) is 0 Å².